The first-order valence-electron chi connectivity index (χ1n) is 3.58. The first-order valence-corrected chi connectivity index (χ1v) is 3.58. The Morgan fingerprint density at radius 2 is 0.765 bits per heavy atom. The average Bonchev–Trinajstić information content (AvgIpc) is 2.06. The number of hydrogen-bond donors (Lipinski definition) is 0. The largest absolute Gasteiger partial charge is 2.00 e. The van der Waals surface area contributed by atoms with E-state index in [1.807, 2.05) is 0 Å². The zero-order valence-electron chi connectivity index (χ0n) is 9.88. The molecule has 6 nitrogen and oxygen atoms in total. The third-order valence-electron chi connectivity index (χ3n) is 0. The van der Waals surface area contributed by atoms with Crippen molar-refractivity contribution in [3.05, 3.63) is 0 Å². The van der Waals surface area contributed by atoms with Gasteiger partial charge < -0.3 is 14.4 Å². The topological polar surface area (TPSA) is 141 Å². The number of hydrogen-bond acceptors (Lipinski definition) is 6. The van der Waals surface area contributed by atoms with Crippen LogP contribution in [0.25, 0.3) is 0 Å². The summed E-state index contributed by atoms with van der Waals surface area (Å²) in [6, 6.07) is 7.00. The summed E-state index contributed by atoms with van der Waals surface area (Å²) < 4.78 is 9.89. The molecule has 96 valence electrons. The van der Waals surface area contributed by atoms with E-state index in [2.05, 4.69) is 0 Å². The van der Waals surface area contributed by atoms with Crippen molar-refractivity contribution >= 4 is 7.40 Å². The summed E-state index contributed by atoms with van der Waals surface area (Å²) in [6.45, 7) is 5.72. The van der Waals surface area contributed by atoms with E-state index in [4.69, 9.17) is 31.1 Å². The van der Waals surface area contributed by atoms with E-state index in [1.165, 1.54) is 27.7 Å². The van der Waals surface area contributed by atoms with Gasteiger partial charge >= 0.3 is 20.4 Å². The van der Waals surface area contributed by atoms with Gasteiger partial charge in [-0.25, -0.2) is 0 Å². The number of nitriles is 4. The quantitative estimate of drug-likeness (QED) is 0.561. The summed E-state index contributed by atoms with van der Waals surface area (Å²) in [5, 5.41) is 45.9. The Kier molecular flexibility index (Phi) is 185. The second-order valence-electron chi connectivity index (χ2n) is 1.17. The van der Waals surface area contributed by atoms with Gasteiger partial charge in [-0.05, 0) is 0 Å². The first-order chi connectivity index (χ1) is 7.39. The maximum absolute atomic E-state index is 9.89. The molecule has 17 heavy (non-hydrogen) atoms. The molecule has 0 bridgehead atoms. The van der Waals surface area contributed by atoms with E-state index in [0.717, 1.165) is 0 Å². The fraction of sp³-hybridized carbons (Fsp3) is 0.500. The van der Waals surface area contributed by atoms with E-state index < -0.39 is 7.40 Å². The Morgan fingerprint density at radius 1 is 0.765 bits per heavy atom. The Morgan fingerprint density at radius 3 is 0.765 bits per heavy atom. The monoisotopic (exact) mass is 332 g/mol. The predicted molar refractivity (Wildman–Crippen MR) is 52.0 cm³/mol. The average molecular weight is 332 g/mol. The van der Waals surface area contributed by atoms with Crippen LogP contribution in [-0.4, -0.2) is 7.40 Å². The van der Waals surface area contributed by atoms with Crippen LogP contribution >= 0.6 is 0 Å². The minimum atomic E-state index is -3.17. The van der Waals surface area contributed by atoms with Gasteiger partial charge in [-0.3, -0.25) is 0 Å². The van der Waals surface area contributed by atoms with Crippen molar-refractivity contribution < 1.29 is 34.8 Å². The summed E-state index contributed by atoms with van der Waals surface area (Å²) >= 11 is 0. The first kappa shape index (κ1) is 36.1. The van der Waals surface area contributed by atoms with Crippen molar-refractivity contribution in [2.24, 2.45) is 0 Å². The van der Waals surface area contributed by atoms with E-state index in [9.17, 15) is 4.32 Å². The molecule has 0 rings (SSSR count). The van der Waals surface area contributed by atoms with Crippen molar-refractivity contribution in [2.75, 3.05) is 0 Å². The molecule has 0 aliphatic rings. The van der Waals surface area contributed by atoms with E-state index in [0.29, 0.717) is 0 Å². The van der Waals surface area contributed by atoms with Gasteiger partial charge in [0.05, 0.1) is 24.3 Å². The summed E-state index contributed by atoms with van der Waals surface area (Å²) in [5.74, 6) is 0. The Hall–Kier alpha value is -1.46. The molecule has 0 aliphatic heterocycles. The molecule has 9 heteroatoms. The molecular formula is C8H12BFN4O2Pd. The van der Waals surface area contributed by atoms with Crippen LogP contribution in [0.2, 0.25) is 0 Å². The van der Waals surface area contributed by atoms with Crippen molar-refractivity contribution in [1.29, 1.82) is 21.0 Å². The summed E-state index contributed by atoms with van der Waals surface area (Å²) in [5.41, 5.74) is 0. The van der Waals surface area contributed by atoms with Crippen LogP contribution in [0.4, 0.5) is 4.32 Å². The molecule has 0 aliphatic carbocycles. The molecule has 0 aromatic rings. The SMILES string of the molecule is CC#N.CC#N.CC#N.CC#N.[O-]B([O-])F.[Pd+2]. The van der Waals surface area contributed by atoms with Gasteiger partial charge in [0.2, 0.25) is 0 Å². The van der Waals surface area contributed by atoms with Crippen LogP contribution in [0.1, 0.15) is 27.7 Å². The zero-order chi connectivity index (χ0) is 14.4. The van der Waals surface area contributed by atoms with Crippen LogP contribution in [0.15, 0.2) is 0 Å². The zero-order valence-corrected chi connectivity index (χ0v) is 11.4. The van der Waals surface area contributed by atoms with Crippen LogP contribution in [-0.2, 0) is 20.4 Å². The summed E-state index contributed by atoms with van der Waals surface area (Å²) in [6.07, 6.45) is 0. The van der Waals surface area contributed by atoms with Crippen molar-refractivity contribution in [3.8, 4) is 24.3 Å². The van der Waals surface area contributed by atoms with Gasteiger partial charge in [0.15, 0.2) is 0 Å². The van der Waals surface area contributed by atoms with Crippen LogP contribution in [0, 0.1) is 45.3 Å². The molecule has 0 aromatic carbocycles. The fourth-order valence-corrected chi connectivity index (χ4v) is 0. The number of nitrogens with zero attached hydrogens (tertiary/aromatic N) is 4. The number of rotatable bonds is 0. The second-order valence-corrected chi connectivity index (χ2v) is 1.17. The Balaban J connectivity index is -0.0000000221. The Labute approximate surface area is 115 Å². The molecule has 0 spiro atoms. The van der Waals surface area contributed by atoms with Crippen LogP contribution in [0.3, 0.4) is 0 Å². The van der Waals surface area contributed by atoms with E-state index >= 15 is 0 Å². The summed E-state index contributed by atoms with van der Waals surface area (Å²) in [7, 11) is -3.17. The van der Waals surface area contributed by atoms with Gasteiger partial charge in [-0.2, -0.15) is 21.0 Å². The van der Waals surface area contributed by atoms with Gasteiger partial charge in [-0.1, -0.05) is 0 Å². The third kappa shape index (κ3) is 1070. The molecule has 0 radical (unpaired) electrons. The Bertz CT molecular complexity index is 201. The van der Waals surface area contributed by atoms with Crippen molar-refractivity contribution in [1.82, 2.24) is 0 Å². The van der Waals surface area contributed by atoms with Gasteiger partial charge in [0, 0.05) is 27.7 Å². The molecule has 0 aromatic heterocycles. The summed E-state index contributed by atoms with van der Waals surface area (Å²) in [4.78, 5) is 0. The predicted octanol–water partition coefficient (Wildman–Crippen LogP) is -0.222. The molecule has 0 heterocycles. The van der Waals surface area contributed by atoms with Gasteiger partial charge in [0.25, 0.3) is 0 Å². The smallest absolute Gasteiger partial charge is 0.867 e. The fourth-order valence-electron chi connectivity index (χ4n) is 0. The molecule has 0 saturated heterocycles. The second kappa shape index (κ2) is 86.9. The van der Waals surface area contributed by atoms with E-state index in [1.54, 1.807) is 24.3 Å². The van der Waals surface area contributed by atoms with Crippen LogP contribution in [0.5, 0.6) is 0 Å². The molecule has 0 unspecified atom stereocenters. The minimum absolute atomic E-state index is 0. The maximum atomic E-state index is 9.89. The molecule has 0 amide bonds. The molecule has 0 saturated carbocycles. The third-order valence-corrected chi connectivity index (χ3v) is 0. The van der Waals surface area contributed by atoms with Crippen LogP contribution < -0.4 is 10.0 Å². The normalized spacial score (nSPS) is 3.47. The van der Waals surface area contributed by atoms with Gasteiger partial charge in [-0.15, -0.1) is 0 Å². The van der Waals surface area contributed by atoms with Crippen molar-refractivity contribution in [3.63, 3.8) is 0 Å². The van der Waals surface area contributed by atoms with Gasteiger partial charge in [0.1, 0.15) is 7.40 Å². The molecule has 0 atom stereocenters. The minimum Gasteiger partial charge on any atom is -0.867 e. The van der Waals surface area contributed by atoms with Crippen molar-refractivity contribution in [2.45, 2.75) is 27.7 Å². The maximum Gasteiger partial charge on any atom is 2.00 e. The molecular weight excluding hydrogens is 320 g/mol. The number of halogens is 1. The molecule has 0 N–H and O–H groups in total. The van der Waals surface area contributed by atoms with E-state index in [-0.39, 0.29) is 20.4 Å². The molecule has 0 fully saturated rings. The standard InChI is InChI=1S/4C2H3N.BFO2.Pd/c4*1-2-3;2-1(3)4;/h4*1H3;;/q;;;;-2;+2.